The Morgan fingerprint density at radius 2 is 2.33 bits per heavy atom. The van der Waals surface area contributed by atoms with Crippen LogP contribution in [0.1, 0.15) is 0 Å². The second kappa shape index (κ2) is 2.65. The van der Waals surface area contributed by atoms with Crippen molar-refractivity contribution in [1.29, 1.82) is 0 Å². The van der Waals surface area contributed by atoms with Crippen molar-refractivity contribution in [3.8, 4) is 0 Å². The van der Waals surface area contributed by atoms with Crippen LogP contribution in [-0.2, 0) is 4.79 Å². The number of carbonyl (C=O) groups excluding carboxylic acids is 1. The maximum atomic E-state index is 10.4. The van der Waals surface area contributed by atoms with Gasteiger partial charge < -0.3 is 0 Å². The molecule has 1 amide bonds. The van der Waals surface area contributed by atoms with Crippen LogP contribution in [0.2, 0.25) is 0 Å². The Morgan fingerprint density at radius 3 is 3.22 bits per heavy atom. The second-order valence-electron chi connectivity index (χ2n) is 1.19. The van der Waals surface area contributed by atoms with E-state index in [1.54, 1.807) is 0 Å². The van der Waals surface area contributed by atoms with Gasteiger partial charge in [-0.2, -0.15) is 0 Å². The Labute approximate surface area is 50.3 Å². The van der Waals surface area contributed by atoms with Crippen LogP contribution in [0.4, 0.5) is 0 Å². The molecule has 0 saturated heterocycles. The smallest absolute Gasteiger partial charge is 0.267 e. The largest absolute Gasteiger partial charge is 0.268 e. The molecule has 0 aliphatic carbocycles. The first-order chi connectivity index (χ1) is 4.39. The van der Waals surface area contributed by atoms with E-state index in [1.807, 2.05) is 0 Å². The van der Waals surface area contributed by atoms with Gasteiger partial charge in [-0.1, -0.05) is 0 Å². The quantitative estimate of drug-likeness (QED) is 0.498. The van der Waals surface area contributed by atoms with Gasteiger partial charge in [0.25, 0.3) is 5.91 Å². The molecule has 1 heterocycles. The maximum absolute atomic E-state index is 10.4. The molecule has 0 aromatic carbocycles. The van der Waals surface area contributed by atoms with Crippen LogP contribution in [0.3, 0.4) is 0 Å². The number of hydrogen-bond acceptors (Lipinski definition) is 5. The van der Waals surface area contributed by atoms with Gasteiger partial charge in [0.15, 0.2) is 0 Å². The Hall–Kier alpha value is -1.59. The zero-order chi connectivity index (χ0) is 6.53. The summed E-state index contributed by atoms with van der Waals surface area (Å²) in [4.78, 5) is 10.4. The monoisotopic (exact) mass is 125 g/mol. The molecule has 1 aliphatic rings. The molecule has 0 radical (unpaired) electrons. The second-order valence-corrected chi connectivity index (χ2v) is 1.19. The van der Waals surface area contributed by atoms with Crippen molar-refractivity contribution in [3.63, 3.8) is 0 Å². The Kier molecular flexibility index (Phi) is 1.63. The van der Waals surface area contributed by atoms with Crippen molar-refractivity contribution in [2.75, 3.05) is 0 Å². The van der Waals surface area contributed by atoms with Crippen LogP contribution in [0.5, 0.6) is 0 Å². The molecule has 0 unspecified atom stereocenters. The lowest BCUT2D eigenvalue weighted by Crippen LogP contribution is -2.12. The minimum atomic E-state index is -0.364. The van der Waals surface area contributed by atoms with E-state index < -0.39 is 0 Å². The van der Waals surface area contributed by atoms with Gasteiger partial charge in [0.2, 0.25) is 0 Å². The minimum absolute atomic E-state index is 0.364. The third kappa shape index (κ3) is 1.76. The van der Waals surface area contributed by atoms with Gasteiger partial charge in [0.05, 0.1) is 6.20 Å². The van der Waals surface area contributed by atoms with E-state index in [0.29, 0.717) is 0 Å². The van der Waals surface area contributed by atoms with Gasteiger partial charge in [-0.3, -0.25) is 4.79 Å². The first-order valence-corrected chi connectivity index (χ1v) is 2.16. The predicted octanol–water partition coefficient (Wildman–Crippen LogP) is 0.364. The molecule has 6 nitrogen and oxygen atoms in total. The number of nitrogens with zero attached hydrogens (tertiary/aromatic N) is 4. The van der Waals surface area contributed by atoms with Crippen LogP contribution in [0.15, 0.2) is 33.1 Å². The highest BCUT2D eigenvalue weighted by Crippen LogP contribution is 1.84. The molecule has 6 heteroatoms. The molecule has 0 aromatic rings. The molecule has 0 spiro atoms. The summed E-state index contributed by atoms with van der Waals surface area (Å²) in [7, 11) is 0. The summed E-state index contributed by atoms with van der Waals surface area (Å²) in [5.74, 6) is -0.364. The van der Waals surface area contributed by atoms with E-state index in [9.17, 15) is 4.79 Å². The van der Waals surface area contributed by atoms with Gasteiger partial charge in [0.1, 0.15) is 0 Å². The molecule has 1 aliphatic heterocycles. The summed E-state index contributed by atoms with van der Waals surface area (Å²) in [5, 5.41) is 12.7. The summed E-state index contributed by atoms with van der Waals surface area (Å²) in [6.45, 7) is 0. The fraction of sp³-hybridized carbons (Fsp3) is 0. The first-order valence-electron chi connectivity index (χ1n) is 2.16. The molecule has 46 valence electrons. The van der Waals surface area contributed by atoms with Crippen molar-refractivity contribution in [1.82, 2.24) is 5.43 Å². The number of rotatable bonds is 0. The van der Waals surface area contributed by atoms with Crippen molar-refractivity contribution in [2.45, 2.75) is 0 Å². The molecular formula is C3H3N5O. The lowest BCUT2D eigenvalue weighted by atomic mass is 10.6. The van der Waals surface area contributed by atoms with Gasteiger partial charge in [-0.15, -0.1) is 5.11 Å². The van der Waals surface area contributed by atoms with Crippen LogP contribution in [0.25, 0.3) is 0 Å². The predicted molar refractivity (Wildman–Crippen MR) is 27.0 cm³/mol. The lowest BCUT2D eigenvalue weighted by molar-refractivity contribution is -0.116. The van der Waals surface area contributed by atoms with E-state index in [0.717, 1.165) is 0 Å². The van der Waals surface area contributed by atoms with Crippen molar-refractivity contribution >= 4 is 5.91 Å². The van der Waals surface area contributed by atoms with E-state index in [2.05, 4.69) is 26.2 Å². The summed E-state index contributed by atoms with van der Waals surface area (Å²) in [5.41, 5.74) is 2.06. The minimum Gasteiger partial charge on any atom is -0.268 e. The average Bonchev–Trinajstić information content (AvgIpc) is 1.79. The number of carbonyl (C=O) groups is 1. The highest BCUT2D eigenvalue weighted by molar-refractivity contribution is 5.86. The number of hydrogen-bond donors (Lipinski definition) is 1. The van der Waals surface area contributed by atoms with Crippen LogP contribution < -0.4 is 5.43 Å². The average molecular weight is 125 g/mol. The molecule has 0 atom stereocenters. The zero-order valence-electron chi connectivity index (χ0n) is 4.35. The summed E-state index contributed by atoms with van der Waals surface area (Å²) in [6, 6.07) is 0. The summed E-state index contributed by atoms with van der Waals surface area (Å²) >= 11 is 0. The fourth-order valence-corrected chi connectivity index (χ4v) is 0.283. The number of amides is 1. The third-order valence-electron chi connectivity index (χ3n) is 0.589. The Balaban J connectivity index is 2.70. The zero-order valence-corrected chi connectivity index (χ0v) is 4.35. The van der Waals surface area contributed by atoms with Crippen LogP contribution in [0, 0.1) is 0 Å². The Bertz CT molecular complexity index is 192. The van der Waals surface area contributed by atoms with E-state index in [-0.39, 0.29) is 5.91 Å². The lowest BCUT2D eigenvalue weighted by Gasteiger charge is -1.88. The maximum Gasteiger partial charge on any atom is 0.267 e. The van der Waals surface area contributed by atoms with Crippen molar-refractivity contribution in [3.05, 3.63) is 12.3 Å². The molecule has 1 rings (SSSR count). The van der Waals surface area contributed by atoms with E-state index >= 15 is 0 Å². The number of nitrogens with one attached hydrogen (secondary N) is 1. The highest BCUT2D eigenvalue weighted by atomic mass is 16.2. The topological polar surface area (TPSA) is 78.5 Å². The molecule has 0 saturated carbocycles. The normalized spacial score (nSPS) is 27.3. The van der Waals surface area contributed by atoms with Gasteiger partial charge in [-0.25, -0.2) is 5.43 Å². The molecule has 0 aromatic heterocycles. The Morgan fingerprint density at radius 1 is 1.44 bits per heavy atom. The van der Waals surface area contributed by atoms with E-state index in [1.165, 1.54) is 12.3 Å². The van der Waals surface area contributed by atoms with Gasteiger partial charge in [-0.05, 0) is 15.7 Å². The molecule has 9 heavy (non-hydrogen) atoms. The standard InChI is InChI=1S/C3H3N5O/c9-3-1-2-4-6-8-7-5-3/h1-2H,(H,4,5,8,9). The fourth-order valence-electron chi connectivity index (χ4n) is 0.283. The SMILES string of the molecule is O=C1\C=C/N=N\N=N/N1. The van der Waals surface area contributed by atoms with Crippen LogP contribution >= 0.6 is 0 Å². The third-order valence-corrected chi connectivity index (χ3v) is 0.589. The molecule has 1 N–H and O–H groups in total. The van der Waals surface area contributed by atoms with Crippen molar-refractivity contribution in [2.24, 2.45) is 20.8 Å². The molecular weight excluding hydrogens is 122 g/mol. The van der Waals surface area contributed by atoms with E-state index in [4.69, 9.17) is 0 Å². The van der Waals surface area contributed by atoms with Crippen LogP contribution in [-0.4, -0.2) is 5.91 Å². The van der Waals surface area contributed by atoms with Gasteiger partial charge in [0, 0.05) is 6.08 Å². The molecule has 0 bridgehead atoms. The first kappa shape index (κ1) is 5.54. The van der Waals surface area contributed by atoms with Crippen molar-refractivity contribution < 1.29 is 4.79 Å². The molecule has 0 fully saturated rings. The summed E-state index contributed by atoms with van der Waals surface area (Å²) < 4.78 is 0. The highest BCUT2D eigenvalue weighted by Gasteiger charge is 1.90. The van der Waals surface area contributed by atoms with Gasteiger partial charge >= 0.3 is 0 Å². The summed E-state index contributed by atoms with van der Waals surface area (Å²) in [6.07, 6.45) is 2.43.